The molecule has 1 aliphatic carbocycles. The van der Waals surface area contributed by atoms with Gasteiger partial charge >= 0.3 is 0 Å². The lowest BCUT2D eigenvalue weighted by molar-refractivity contribution is 0.416. The van der Waals surface area contributed by atoms with Gasteiger partial charge in [-0.25, -0.2) is 18.1 Å². The van der Waals surface area contributed by atoms with Gasteiger partial charge < -0.3 is 9.72 Å². The van der Waals surface area contributed by atoms with Crippen LogP contribution in [0.1, 0.15) is 50.1 Å². The molecule has 3 aromatic rings. The summed E-state index contributed by atoms with van der Waals surface area (Å²) in [7, 11) is 0.0267. The number of fused-ring (bicyclic) bond motifs is 1. The molecule has 1 aromatic carbocycles. The smallest absolute Gasteiger partial charge is 0.262 e. The first kappa shape index (κ1) is 21.0. The van der Waals surface area contributed by atoms with Crippen molar-refractivity contribution >= 4 is 26.7 Å². The summed E-state index contributed by atoms with van der Waals surface area (Å²) in [5, 5.41) is 5.22. The summed E-state index contributed by atoms with van der Waals surface area (Å²) < 4.78 is 33.2. The van der Waals surface area contributed by atoms with Gasteiger partial charge in [0.05, 0.1) is 29.8 Å². The van der Waals surface area contributed by atoms with E-state index in [1.807, 2.05) is 7.05 Å². The second kappa shape index (κ2) is 7.91. The van der Waals surface area contributed by atoms with Crippen LogP contribution in [0, 0.1) is 0 Å². The molecule has 3 heterocycles. The fraction of sp³-hybridized carbons (Fsp3) is 0.500. The van der Waals surface area contributed by atoms with Crippen molar-refractivity contribution in [1.82, 2.24) is 19.7 Å². The minimum Gasteiger partial charge on any atom is -0.496 e. The molecule has 0 bridgehead atoms. The fourth-order valence-corrected chi connectivity index (χ4v) is 6.49. The first-order chi connectivity index (χ1) is 15.4. The van der Waals surface area contributed by atoms with E-state index in [0.717, 1.165) is 31.4 Å². The van der Waals surface area contributed by atoms with Gasteiger partial charge in [0.1, 0.15) is 17.0 Å². The highest BCUT2D eigenvalue weighted by Gasteiger charge is 2.29. The maximum atomic E-state index is 13.1. The molecule has 0 spiro atoms. The number of rotatable bonds is 4. The summed E-state index contributed by atoms with van der Waals surface area (Å²) in [4.78, 5) is 20.8. The monoisotopic (exact) mass is 457 g/mol. The Labute approximate surface area is 186 Å². The third kappa shape index (κ3) is 3.46. The van der Waals surface area contributed by atoms with Crippen LogP contribution in [-0.4, -0.2) is 47.6 Å². The number of hydrogen-bond donors (Lipinski definition) is 1. The van der Waals surface area contributed by atoms with Crippen LogP contribution in [0.2, 0.25) is 0 Å². The van der Waals surface area contributed by atoms with E-state index in [1.54, 1.807) is 22.9 Å². The second-order valence-corrected chi connectivity index (χ2v) is 10.6. The van der Waals surface area contributed by atoms with E-state index in [2.05, 4.69) is 10.1 Å². The number of anilines is 1. The van der Waals surface area contributed by atoms with Gasteiger partial charge in [-0.1, -0.05) is 19.3 Å². The van der Waals surface area contributed by atoms with E-state index >= 15 is 0 Å². The number of aromatic nitrogens is 4. The summed E-state index contributed by atoms with van der Waals surface area (Å²) in [5.74, 6) is 1.25. The summed E-state index contributed by atoms with van der Waals surface area (Å²) in [6, 6.07) is 5.14. The molecule has 0 radical (unpaired) electrons. The van der Waals surface area contributed by atoms with Crippen LogP contribution in [0.25, 0.3) is 22.4 Å². The Morgan fingerprint density at radius 2 is 1.94 bits per heavy atom. The number of sulfonamides is 1. The number of methoxy groups -OCH3 is 1. The first-order valence-electron chi connectivity index (χ1n) is 11.0. The molecule has 1 N–H and O–H groups in total. The number of nitrogens with zero attached hydrogens (tertiary/aromatic N) is 4. The lowest BCUT2D eigenvalue weighted by atomic mass is 9.86. The van der Waals surface area contributed by atoms with E-state index in [0.29, 0.717) is 46.8 Å². The highest BCUT2D eigenvalue weighted by atomic mass is 32.2. The molecule has 2 aliphatic rings. The number of H-pyrrole nitrogens is 1. The summed E-state index contributed by atoms with van der Waals surface area (Å²) in [5.41, 5.74) is 2.30. The largest absolute Gasteiger partial charge is 0.496 e. The zero-order chi connectivity index (χ0) is 22.5. The Balaban J connectivity index is 1.59. The molecule has 10 heteroatoms. The Hall–Kier alpha value is -2.88. The van der Waals surface area contributed by atoms with E-state index in [1.165, 1.54) is 17.8 Å². The van der Waals surface area contributed by atoms with Gasteiger partial charge in [0, 0.05) is 25.6 Å². The van der Waals surface area contributed by atoms with Crippen LogP contribution in [0.5, 0.6) is 5.75 Å². The zero-order valence-corrected chi connectivity index (χ0v) is 19.1. The van der Waals surface area contributed by atoms with Gasteiger partial charge in [-0.05, 0) is 31.4 Å². The lowest BCUT2D eigenvalue weighted by Gasteiger charge is -2.19. The lowest BCUT2D eigenvalue weighted by Crippen LogP contribution is -2.25. The minimum absolute atomic E-state index is 0.145. The van der Waals surface area contributed by atoms with E-state index in [4.69, 9.17) is 9.72 Å². The van der Waals surface area contributed by atoms with Gasteiger partial charge in [0.15, 0.2) is 5.65 Å². The predicted molar refractivity (Wildman–Crippen MR) is 123 cm³/mol. The van der Waals surface area contributed by atoms with Crippen molar-refractivity contribution in [3.8, 4) is 17.1 Å². The molecule has 0 amide bonds. The normalized spacial score (nSPS) is 19.0. The number of benzene rings is 1. The number of aryl methyl sites for hydroxylation is 1. The van der Waals surface area contributed by atoms with E-state index < -0.39 is 10.0 Å². The van der Waals surface area contributed by atoms with Crippen LogP contribution in [0.3, 0.4) is 0 Å². The SMILES string of the molecule is COc1cc(N2CCCS2(=O)=O)ccc1-c1nc2c(c(C3CCCCC3)nn2C)c(=O)[nH]1. The summed E-state index contributed by atoms with van der Waals surface area (Å²) in [6.45, 7) is 0.449. The molecule has 9 nitrogen and oxygen atoms in total. The summed E-state index contributed by atoms with van der Waals surface area (Å²) in [6.07, 6.45) is 6.23. The van der Waals surface area contributed by atoms with Crippen molar-refractivity contribution in [1.29, 1.82) is 0 Å². The standard InChI is InChI=1S/C22H27N5O4S/c1-26-21-18(19(25-26)14-7-4-3-5-8-14)22(28)24-20(23-21)16-10-9-15(13-17(16)31-2)27-11-6-12-32(27,29)30/h9-10,13-14H,3-8,11-12H2,1-2H3,(H,23,24,28). The number of nitrogens with one attached hydrogen (secondary N) is 1. The Kier molecular flexibility index (Phi) is 5.19. The van der Waals surface area contributed by atoms with Gasteiger partial charge in [-0.2, -0.15) is 5.10 Å². The molecule has 2 fully saturated rings. The molecule has 170 valence electrons. The van der Waals surface area contributed by atoms with Crippen LogP contribution in [0.4, 0.5) is 5.69 Å². The van der Waals surface area contributed by atoms with E-state index in [-0.39, 0.29) is 17.2 Å². The van der Waals surface area contributed by atoms with Gasteiger partial charge in [-0.3, -0.25) is 9.10 Å². The molecular formula is C22H27N5O4S. The first-order valence-corrected chi connectivity index (χ1v) is 12.7. The van der Waals surface area contributed by atoms with Crippen LogP contribution in [-0.2, 0) is 17.1 Å². The van der Waals surface area contributed by atoms with Crippen LogP contribution >= 0.6 is 0 Å². The summed E-state index contributed by atoms with van der Waals surface area (Å²) >= 11 is 0. The highest BCUT2D eigenvalue weighted by Crippen LogP contribution is 2.36. The molecule has 2 aromatic heterocycles. The van der Waals surface area contributed by atoms with Crippen molar-refractivity contribution in [2.75, 3.05) is 23.7 Å². The van der Waals surface area contributed by atoms with E-state index in [9.17, 15) is 13.2 Å². The molecule has 0 atom stereocenters. The molecule has 32 heavy (non-hydrogen) atoms. The Morgan fingerprint density at radius 1 is 1.16 bits per heavy atom. The van der Waals surface area contributed by atoms with Crippen LogP contribution in [0.15, 0.2) is 23.0 Å². The maximum absolute atomic E-state index is 13.1. The quantitative estimate of drug-likeness (QED) is 0.645. The highest BCUT2D eigenvalue weighted by molar-refractivity contribution is 7.93. The van der Waals surface area contributed by atoms with Gasteiger partial charge in [0.25, 0.3) is 5.56 Å². The number of ether oxygens (including phenoxy) is 1. The minimum atomic E-state index is -3.30. The Morgan fingerprint density at radius 3 is 2.62 bits per heavy atom. The van der Waals surface area contributed by atoms with Crippen molar-refractivity contribution in [2.24, 2.45) is 7.05 Å². The van der Waals surface area contributed by atoms with Crippen molar-refractivity contribution in [3.05, 3.63) is 34.2 Å². The third-order valence-corrected chi connectivity index (χ3v) is 8.41. The molecule has 1 saturated carbocycles. The maximum Gasteiger partial charge on any atom is 0.262 e. The predicted octanol–water partition coefficient (Wildman–Crippen LogP) is 2.92. The number of hydrogen-bond acceptors (Lipinski definition) is 6. The number of aromatic amines is 1. The van der Waals surface area contributed by atoms with Crippen molar-refractivity contribution < 1.29 is 13.2 Å². The zero-order valence-electron chi connectivity index (χ0n) is 18.3. The average molecular weight is 458 g/mol. The Bertz CT molecular complexity index is 1340. The molecule has 0 unspecified atom stereocenters. The second-order valence-electron chi connectivity index (χ2n) is 8.58. The third-order valence-electron chi connectivity index (χ3n) is 6.54. The fourth-order valence-electron chi connectivity index (χ4n) is 4.93. The molecule has 5 rings (SSSR count). The molecule has 1 saturated heterocycles. The molecular weight excluding hydrogens is 430 g/mol. The van der Waals surface area contributed by atoms with Crippen LogP contribution < -0.4 is 14.6 Å². The van der Waals surface area contributed by atoms with Crippen molar-refractivity contribution in [3.63, 3.8) is 0 Å². The van der Waals surface area contributed by atoms with Crippen molar-refractivity contribution in [2.45, 2.75) is 44.4 Å². The van der Waals surface area contributed by atoms with Gasteiger partial charge in [0.2, 0.25) is 10.0 Å². The topological polar surface area (TPSA) is 110 Å². The molecule has 1 aliphatic heterocycles. The van der Waals surface area contributed by atoms with Gasteiger partial charge in [-0.15, -0.1) is 0 Å². The average Bonchev–Trinajstić information content (AvgIpc) is 3.33.